The van der Waals surface area contributed by atoms with Crippen LogP contribution in [-0.2, 0) is 18.4 Å². The van der Waals surface area contributed by atoms with Gasteiger partial charge in [0.05, 0.1) is 6.07 Å². The molecule has 25 heavy (non-hydrogen) atoms. The Morgan fingerprint density at radius 1 is 1.00 bits per heavy atom. The van der Waals surface area contributed by atoms with E-state index in [4.69, 9.17) is 0 Å². The molecule has 0 saturated heterocycles. The van der Waals surface area contributed by atoms with E-state index < -0.39 is 5.41 Å². The van der Waals surface area contributed by atoms with Crippen LogP contribution in [0.5, 0.6) is 0 Å². The largest absolute Gasteiger partial charge is 0.335 e. The van der Waals surface area contributed by atoms with Gasteiger partial charge in [0, 0.05) is 25.4 Å². The van der Waals surface area contributed by atoms with Gasteiger partial charge in [-0.05, 0) is 24.0 Å². The molecule has 0 aliphatic carbocycles. The lowest BCUT2D eigenvalue weighted by Crippen LogP contribution is -2.28. The first-order chi connectivity index (χ1) is 12.3. The number of hydrogen-bond donors (Lipinski definition) is 0. The van der Waals surface area contributed by atoms with Gasteiger partial charge >= 0.3 is 0 Å². The molecule has 3 aromatic rings. The van der Waals surface area contributed by atoms with E-state index in [1.165, 1.54) is 0 Å². The van der Waals surface area contributed by atoms with E-state index in [9.17, 15) is 5.26 Å². The number of aromatic nitrogens is 2. The number of imidazole rings is 1. The molecule has 126 valence electrons. The van der Waals surface area contributed by atoms with Gasteiger partial charge in [0.1, 0.15) is 11.2 Å². The van der Waals surface area contributed by atoms with Crippen molar-refractivity contribution < 1.29 is 0 Å². The number of nitriles is 1. The summed E-state index contributed by atoms with van der Waals surface area (Å²) in [6.07, 6.45) is 6.61. The Morgan fingerprint density at radius 2 is 1.60 bits per heavy atom. The molecular formula is C22H23N3. The minimum absolute atomic E-state index is 0.656. The zero-order valence-corrected chi connectivity index (χ0v) is 14.6. The fourth-order valence-corrected chi connectivity index (χ4v) is 3.37. The molecule has 0 amide bonds. The van der Waals surface area contributed by atoms with Crippen LogP contribution in [0.25, 0.3) is 0 Å². The van der Waals surface area contributed by atoms with Gasteiger partial charge in [0.15, 0.2) is 0 Å². The first-order valence-corrected chi connectivity index (χ1v) is 8.82. The maximum atomic E-state index is 10.2. The zero-order chi connectivity index (χ0) is 17.5. The highest BCUT2D eigenvalue weighted by Crippen LogP contribution is 2.35. The summed E-state index contributed by atoms with van der Waals surface area (Å²) >= 11 is 0. The van der Waals surface area contributed by atoms with Gasteiger partial charge in [-0.3, -0.25) is 0 Å². The SMILES string of the molecule is CCCc1nccn1CCC(C#N)(c1ccccc1)c1ccccc1. The van der Waals surface area contributed by atoms with E-state index in [0.29, 0.717) is 6.42 Å². The normalized spacial score (nSPS) is 11.2. The van der Waals surface area contributed by atoms with E-state index >= 15 is 0 Å². The van der Waals surface area contributed by atoms with Gasteiger partial charge in [-0.1, -0.05) is 67.6 Å². The van der Waals surface area contributed by atoms with E-state index in [1.54, 1.807) is 0 Å². The molecule has 0 spiro atoms. The van der Waals surface area contributed by atoms with Crippen LogP contribution in [0.3, 0.4) is 0 Å². The second-order valence-electron chi connectivity index (χ2n) is 6.29. The summed E-state index contributed by atoms with van der Waals surface area (Å²) in [4.78, 5) is 4.46. The van der Waals surface area contributed by atoms with Crippen LogP contribution in [0.2, 0.25) is 0 Å². The Labute approximate surface area is 149 Å². The summed E-state index contributed by atoms with van der Waals surface area (Å²) in [5, 5.41) is 10.2. The van der Waals surface area contributed by atoms with Crippen LogP contribution in [0, 0.1) is 11.3 Å². The Morgan fingerprint density at radius 3 is 2.12 bits per heavy atom. The van der Waals surface area contributed by atoms with Crippen LogP contribution < -0.4 is 0 Å². The molecule has 1 heterocycles. The lowest BCUT2D eigenvalue weighted by Gasteiger charge is -2.28. The third-order valence-electron chi connectivity index (χ3n) is 4.73. The monoisotopic (exact) mass is 329 g/mol. The maximum Gasteiger partial charge on any atom is 0.109 e. The van der Waals surface area contributed by atoms with Crippen molar-refractivity contribution in [3.63, 3.8) is 0 Å². The summed E-state index contributed by atoms with van der Waals surface area (Å²) < 4.78 is 2.18. The molecule has 1 aromatic heterocycles. The number of rotatable bonds is 7. The van der Waals surface area contributed by atoms with Crippen molar-refractivity contribution >= 4 is 0 Å². The maximum absolute atomic E-state index is 10.2. The molecule has 0 fully saturated rings. The molecule has 0 atom stereocenters. The Balaban J connectivity index is 1.97. The molecule has 0 aliphatic heterocycles. The molecular weight excluding hydrogens is 306 g/mol. The quantitative estimate of drug-likeness (QED) is 0.628. The van der Waals surface area contributed by atoms with Crippen molar-refractivity contribution in [1.29, 1.82) is 5.26 Å². The van der Waals surface area contributed by atoms with Crippen LogP contribution >= 0.6 is 0 Å². The Hall–Kier alpha value is -2.86. The van der Waals surface area contributed by atoms with Gasteiger partial charge in [-0.25, -0.2) is 4.98 Å². The molecule has 0 bridgehead atoms. The third-order valence-corrected chi connectivity index (χ3v) is 4.73. The smallest absolute Gasteiger partial charge is 0.109 e. The molecule has 0 aliphatic rings. The van der Waals surface area contributed by atoms with Gasteiger partial charge in [0.2, 0.25) is 0 Å². The molecule has 0 radical (unpaired) electrons. The van der Waals surface area contributed by atoms with Crippen molar-refractivity contribution in [2.75, 3.05) is 0 Å². The highest BCUT2D eigenvalue weighted by Gasteiger charge is 2.34. The van der Waals surface area contributed by atoms with E-state index in [1.807, 2.05) is 48.8 Å². The number of hydrogen-bond acceptors (Lipinski definition) is 2. The molecule has 0 N–H and O–H groups in total. The predicted octanol–water partition coefficient (Wildman–Crippen LogP) is 4.74. The van der Waals surface area contributed by atoms with Gasteiger partial charge in [-0.2, -0.15) is 5.26 Å². The van der Waals surface area contributed by atoms with Crippen molar-refractivity contribution in [3.8, 4) is 6.07 Å². The standard InChI is InChI=1S/C22H23N3/c1-2-9-21-24-15-17-25(21)16-14-22(18-23,19-10-5-3-6-11-19)20-12-7-4-8-13-20/h3-8,10-13,15,17H,2,9,14,16H2,1H3. The minimum Gasteiger partial charge on any atom is -0.335 e. The van der Waals surface area contributed by atoms with E-state index in [-0.39, 0.29) is 0 Å². The predicted molar refractivity (Wildman–Crippen MR) is 100 cm³/mol. The van der Waals surface area contributed by atoms with Crippen LogP contribution in [-0.4, -0.2) is 9.55 Å². The number of nitrogens with zero attached hydrogens (tertiary/aromatic N) is 3. The summed E-state index contributed by atoms with van der Waals surface area (Å²) in [5.74, 6) is 1.09. The van der Waals surface area contributed by atoms with Crippen LogP contribution in [0.15, 0.2) is 73.1 Å². The molecule has 0 saturated carbocycles. The van der Waals surface area contributed by atoms with E-state index in [0.717, 1.165) is 36.3 Å². The van der Waals surface area contributed by atoms with Crippen LogP contribution in [0.1, 0.15) is 36.7 Å². The fraction of sp³-hybridized carbons (Fsp3) is 0.273. The van der Waals surface area contributed by atoms with Crippen molar-refractivity contribution in [1.82, 2.24) is 9.55 Å². The Bertz CT molecular complexity index is 789. The second kappa shape index (κ2) is 7.81. The first-order valence-electron chi connectivity index (χ1n) is 8.82. The van der Waals surface area contributed by atoms with Crippen LogP contribution in [0.4, 0.5) is 0 Å². The summed E-state index contributed by atoms with van der Waals surface area (Å²) in [7, 11) is 0. The highest BCUT2D eigenvalue weighted by molar-refractivity contribution is 5.45. The minimum atomic E-state index is -0.656. The van der Waals surface area contributed by atoms with Crippen molar-refractivity contribution in [3.05, 3.63) is 90.0 Å². The summed E-state index contributed by atoms with van der Waals surface area (Å²) in [6, 6.07) is 22.8. The third kappa shape index (κ3) is 3.49. The fourth-order valence-electron chi connectivity index (χ4n) is 3.37. The number of aryl methyl sites for hydroxylation is 2. The molecule has 3 rings (SSSR count). The molecule has 2 aromatic carbocycles. The lowest BCUT2D eigenvalue weighted by atomic mass is 9.73. The molecule has 0 unspecified atom stereocenters. The van der Waals surface area contributed by atoms with Crippen molar-refractivity contribution in [2.45, 2.75) is 38.1 Å². The molecule has 3 nitrogen and oxygen atoms in total. The first kappa shape index (κ1) is 17.0. The molecule has 3 heteroatoms. The second-order valence-corrected chi connectivity index (χ2v) is 6.29. The van der Waals surface area contributed by atoms with E-state index in [2.05, 4.69) is 46.8 Å². The summed E-state index contributed by atoms with van der Waals surface area (Å²) in [6.45, 7) is 2.93. The number of benzene rings is 2. The average Bonchev–Trinajstić information content (AvgIpc) is 3.12. The lowest BCUT2D eigenvalue weighted by molar-refractivity contribution is 0.508. The summed E-state index contributed by atoms with van der Waals surface area (Å²) in [5.41, 5.74) is 1.43. The zero-order valence-electron chi connectivity index (χ0n) is 14.6. The van der Waals surface area contributed by atoms with Crippen molar-refractivity contribution in [2.24, 2.45) is 0 Å². The Kier molecular flexibility index (Phi) is 5.30. The highest BCUT2D eigenvalue weighted by atomic mass is 15.1. The topological polar surface area (TPSA) is 41.6 Å². The van der Waals surface area contributed by atoms with Gasteiger partial charge in [-0.15, -0.1) is 0 Å². The average molecular weight is 329 g/mol. The van der Waals surface area contributed by atoms with Gasteiger partial charge < -0.3 is 4.57 Å². The van der Waals surface area contributed by atoms with Gasteiger partial charge in [0.25, 0.3) is 0 Å².